The zero-order valence-electron chi connectivity index (χ0n) is 15.4. The molecule has 0 bridgehead atoms. The molecule has 122 valence electrons. The molecule has 0 fully saturated rings. The van der Waals surface area contributed by atoms with Gasteiger partial charge >= 0.3 is 0 Å². The average Bonchev–Trinajstić information content (AvgIpc) is 1.91. The number of hydrogen-bond acceptors (Lipinski definition) is 1. The Kier molecular flexibility index (Phi) is 6.61. The summed E-state index contributed by atoms with van der Waals surface area (Å²) >= 11 is 0. The number of hydrogen-bond donors (Lipinski definition) is 0. The number of rotatable bonds is 0. The third kappa shape index (κ3) is 6.76. The Morgan fingerprint density at radius 1 is 0.650 bits per heavy atom. The fourth-order valence-electron chi connectivity index (χ4n) is 2.51. The standard InChI is InChI=1S/C17H36N2.CH4/c1-14(2,3)13(18-15(4,5)6)19(16(7,8)9)17(10,11)12;/h1-12H3;1H4. The second-order valence-corrected chi connectivity index (χ2v) is 9.53. The molecule has 0 aliphatic carbocycles. The van der Waals surface area contributed by atoms with Gasteiger partial charge in [0.25, 0.3) is 0 Å². The lowest BCUT2D eigenvalue weighted by Gasteiger charge is -2.51. The van der Waals surface area contributed by atoms with E-state index in [1.165, 1.54) is 5.84 Å². The van der Waals surface area contributed by atoms with Crippen LogP contribution in [0.1, 0.15) is 90.5 Å². The van der Waals surface area contributed by atoms with Crippen LogP contribution in [0.15, 0.2) is 4.99 Å². The number of aliphatic imine (C=N–C) groups is 1. The van der Waals surface area contributed by atoms with Gasteiger partial charge in [-0.25, -0.2) is 0 Å². The van der Waals surface area contributed by atoms with Crippen LogP contribution < -0.4 is 0 Å². The number of nitrogens with zero attached hydrogens (tertiary/aromatic N) is 2. The third-order valence-corrected chi connectivity index (χ3v) is 2.67. The summed E-state index contributed by atoms with van der Waals surface area (Å²) < 4.78 is 0. The topological polar surface area (TPSA) is 15.6 Å². The van der Waals surface area contributed by atoms with Crippen LogP contribution in [-0.2, 0) is 0 Å². The lowest BCUT2D eigenvalue weighted by Crippen LogP contribution is -2.59. The lowest BCUT2D eigenvalue weighted by atomic mass is 9.86. The van der Waals surface area contributed by atoms with E-state index in [0.717, 1.165) is 0 Å². The van der Waals surface area contributed by atoms with Crippen molar-refractivity contribution in [3.05, 3.63) is 0 Å². The quantitative estimate of drug-likeness (QED) is 0.407. The highest BCUT2D eigenvalue weighted by Crippen LogP contribution is 2.33. The molecule has 0 aromatic heterocycles. The van der Waals surface area contributed by atoms with Crippen LogP contribution >= 0.6 is 0 Å². The van der Waals surface area contributed by atoms with Crippen LogP contribution in [0.5, 0.6) is 0 Å². The molecule has 0 aromatic rings. The largest absolute Gasteiger partial charge is 0.350 e. The molecule has 0 atom stereocenters. The van der Waals surface area contributed by atoms with Crippen LogP contribution in [0, 0.1) is 5.41 Å². The predicted octanol–water partition coefficient (Wildman–Crippen LogP) is 5.76. The first-order valence-electron chi connectivity index (χ1n) is 7.37. The zero-order valence-corrected chi connectivity index (χ0v) is 15.4. The molecule has 0 amide bonds. The molecule has 0 spiro atoms. The first-order chi connectivity index (χ1) is 7.96. The minimum absolute atomic E-state index is 0. The molecule has 0 aliphatic heterocycles. The van der Waals surface area contributed by atoms with Gasteiger partial charge in [0.05, 0.1) is 5.54 Å². The van der Waals surface area contributed by atoms with Crippen molar-refractivity contribution in [3.63, 3.8) is 0 Å². The van der Waals surface area contributed by atoms with E-state index in [1.54, 1.807) is 0 Å². The SMILES string of the molecule is C.CC(C)(C)N=C(N(C(C)(C)C)C(C)(C)C)C(C)(C)C. The third-order valence-electron chi connectivity index (χ3n) is 2.67. The average molecular weight is 285 g/mol. The fourth-order valence-corrected chi connectivity index (χ4v) is 2.51. The lowest BCUT2D eigenvalue weighted by molar-refractivity contribution is 0.109. The Morgan fingerprint density at radius 2 is 0.950 bits per heavy atom. The van der Waals surface area contributed by atoms with E-state index < -0.39 is 0 Å². The van der Waals surface area contributed by atoms with Crippen LogP contribution in [-0.4, -0.2) is 27.4 Å². The van der Waals surface area contributed by atoms with E-state index >= 15 is 0 Å². The Bertz CT molecular complexity index is 310. The highest BCUT2D eigenvalue weighted by atomic mass is 15.3. The smallest absolute Gasteiger partial charge is 0.106 e. The van der Waals surface area contributed by atoms with Gasteiger partial charge in [0.2, 0.25) is 0 Å². The Morgan fingerprint density at radius 3 is 1.10 bits per heavy atom. The first-order valence-corrected chi connectivity index (χ1v) is 7.37. The molecule has 0 N–H and O–H groups in total. The molecule has 0 aromatic carbocycles. The molecule has 0 rings (SSSR count). The van der Waals surface area contributed by atoms with Gasteiger partial charge in [0.15, 0.2) is 0 Å². The minimum Gasteiger partial charge on any atom is -0.350 e. The Labute approximate surface area is 129 Å². The van der Waals surface area contributed by atoms with Crippen LogP contribution in [0.4, 0.5) is 0 Å². The maximum atomic E-state index is 5.06. The Balaban J connectivity index is 0. The first kappa shape index (κ1) is 21.8. The molecular formula is C18H40N2. The van der Waals surface area contributed by atoms with Crippen molar-refractivity contribution in [2.45, 2.75) is 107 Å². The monoisotopic (exact) mass is 284 g/mol. The molecule has 20 heavy (non-hydrogen) atoms. The van der Waals surface area contributed by atoms with Crippen molar-refractivity contribution in [1.82, 2.24) is 4.90 Å². The summed E-state index contributed by atoms with van der Waals surface area (Å²) in [6, 6.07) is 0. The summed E-state index contributed by atoms with van der Waals surface area (Å²) in [6.45, 7) is 26.9. The van der Waals surface area contributed by atoms with E-state index in [4.69, 9.17) is 4.99 Å². The van der Waals surface area contributed by atoms with Gasteiger partial charge in [0.1, 0.15) is 5.84 Å². The van der Waals surface area contributed by atoms with E-state index in [9.17, 15) is 0 Å². The van der Waals surface area contributed by atoms with Gasteiger partial charge in [0, 0.05) is 16.5 Å². The highest BCUT2D eigenvalue weighted by Gasteiger charge is 2.39. The molecule has 2 heteroatoms. The summed E-state index contributed by atoms with van der Waals surface area (Å²) in [7, 11) is 0. The molecule has 0 radical (unpaired) electrons. The summed E-state index contributed by atoms with van der Waals surface area (Å²) in [5, 5.41) is 0. The molecular weight excluding hydrogens is 244 g/mol. The molecule has 0 unspecified atom stereocenters. The van der Waals surface area contributed by atoms with Crippen molar-refractivity contribution in [2.24, 2.45) is 10.4 Å². The van der Waals surface area contributed by atoms with Gasteiger partial charge in [-0.15, -0.1) is 0 Å². The van der Waals surface area contributed by atoms with E-state index in [0.29, 0.717) is 0 Å². The van der Waals surface area contributed by atoms with Gasteiger partial charge in [-0.05, 0) is 62.3 Å². The summed E-state index contributed by atoms with van der Waals surface area (Å²) in [5.41, 5.74) is 0.0798. The van der Waals surface area contributed by atoms with Crippen molar-refractivity contribution in [2.75, 3.05) is 0 Å². The van der Waals surface area contributed by atoms with E-state index in [2.05, 4.69) is 88.0 Å². The van der Waals surface area contributed by atoms with Crippen molar-refractivity contribution >= 4 is 5.84 Å². The predicted molar refractivity (Wildman–Crippen MR) is 94.7 cm³/mol. The summed E-state index contributed by atoms with van der Waals surface area (Å²) in [6.07, 6.45) is 0. The van der Waals surface area contributed by atoms with Gasteiger partial charge in [-0.1, -0.05) is 28.2 Å². The van der Waals surface area contributed by atoms with E-state index in [-0.39, 0.29) is 29.5 Å². The number of amidine groups is 1. The maximum Gasteiger partial charge on any atom is 0.106 e. The van der Waals surface area contributed by atoms with Crippen molar-refractivity contribution in [3.8, 4) is 0 Å². The molecule has 0 saturated heterocycles. The van der Waals surface area contributed by atoms with Gasteiger partial charge < -0.3 is 4.90 Å². The summed E-state index contributed by atoms with van der Waals surface area (Å²) in [5.74, 6) is 1.19. The fraction of sp³-hybridized carbons (Fsp3) is 0.944. The highest BCUT2D eigenvalue weighted by molar-refractivity contribution is 5.88. The molecule has 2 nitrogen and oxygen atoms in total. The second kappa shape index (κ2) is 6.07. The summed E-state index contributed by atoms with van der Waals surface area (Å²) in [4.78, 5) is 7.53. The maximum absolute atomic E-state index is 5.06. The van der Waals surface area contributed by atoms with Gasteiger partial charge in [-0.3, -0.25) is 4.99 Å². The molecule has 0 saturated carbocycles. The van der Waals surface area contributed by atoms with Crippen molar-refractivity contribution < 1.29 is 0 Å². The molecule has 0 heterocycles. The Hall–Kier alpha value is -0.530. The second-order valence-electron chi connectivity index (χ2n) is 9.53. The van der Waals surface area contributed by atoms with Gasteiger partial charge in [-0.2, -0.15) is 0 Å². The zero-order chi connectivity index (χ0) is 15.9. The normalized spacial score (nSPS) is 14.9. The van der Waals surface area contributed by atoms with Crippen molar-refractivity contribution in [1.29, 1.82) is 0 Å². The molecule has 0 aliphatic rings. The van der Waals surface area contributed by atoms with E-state index in [1.807, 2.05) is 0 Å². The van der Waals surface area contributed by atoms with Crippen LogP contribution in [0.2, 0.25) is 0 Å². The van der Waals surface area contributed by atoms with Crippen LogP contribution in [0.25, 0.3) is 0 Å². The minimum atomic E-state index is -0.0582. The van der Waals surface area contributed by atoms with Crippen LogP contribution in [0.3, 0.4) is 0 Å².